The standard InChI is InChI=1S/C69H84N3O7P/c1-4-34-70-37-16-25-55-40-58-52(43-61(55)70)28-31-64(67(58)74-46-49-19-10-7-11-20-49)77-80(73,78-65-32-29-53-44-62-56(26-17-38-71(62)35-5-2)41-59(53)68(65)75-47-50-21-12-8-13-22-50)79-66-33-30-54-45-63-57(27-18-39-72(63)36-6-3)42-60(54)69(66)76-48-51-23-14-9-15-24-51/h7-15,19-24,28-33,55-57,61-63H,4-6,16-18,25-27,34-48H2,1-3H3/t55-,56-,57-,61-,62-,63-/m1/s1. The van der Waals surface area contributed by atoms with Crippen molar-refractivity contribution in [2.45, 2.75) is 155 Å². The number of hydrogen-bond acceptors (Lipinski definition) is 10. The molecule has 0 radical (unpaired) electrons. The van der Waals surface area contributed by atoms with E-state index in [0.29, 0.717) is 90.2 Å². The zero-order chi connectivity index (χ0) is 54.4. The molecule has 0 saturated carbocycles. The maximum atomic E-state index is 16.9. The lowest BCUT2D eigenvalue weighted by molar-refractivity contribution is 0.0844. The van der Waals surface area contributed by atoms with E-state index in [1.165, 1.54) is 36.0 Å². The Hall–Kier alpha value is -5.77. The molecule has 11 heteroatoms. The zero-order valence-corrected chi connectivity index (χ0v) is 48.6. The van der Waals surface area contributed by atoms with Gasteiger partial charge in [-0.3, -0.25) is 14.7 Å². The summed E-state index contributed by atoms with van der Waals surface area (Å²) < 4.78 is 59.3. The van der Waals surface area contributed by atoms with Crippen molar-refractivity contribution in [3.8, 4) is 34.5 Å². The Morgan fingerprint density at radius 3 is 0.988 bits per heavy atom. The molecule has 0 spiro atoms. The summed E-state index contributed by atoms with van der Waals surface area (Å²) in [5.74, 6) is 4.19. The maximum Gasteiger partial charge on any atom is 0.647 e. The first kappa shape index (κ1) is 54.8. The van der Waals surface area contributed by atoms with E-state index in [2.05, 4.69) is 90.1 Å². The van der Waals surface area contributed by atoms with E-state index in [-0.39, 0.29) is 0 Å². The van der Waals surface area contributed by atoms with Crippen LogP contribution in [-0.2, 0) is 62.9 Å². The van der Waals surface area contributed by atoms with Crippen LogP contribution in [0.25, 0.3) is 0 Å². The van der Waals surface area contributed by atoms with Crippen LogP contribution in [0, 0.1) is 17.8 Å². The first-order valence-electron chi connectivity index (χ1n) is 30.7. The van der Waals surface area contributed by atoms with Gasteiger partial charge in [0.15, 0.2) is 34.5 Å². The molecule has 6 atom stereocenters. The first-order chi connectivity index (χ1) is 39.3. The van der Waals surface area contributed by atoms with Gasteiger partial charge in [0.2, 0.25) is 0 Å². The highest BCUT2D eigenvalue weighted by atomic mass is 31.2. The molecule has 10 nitrogen and oxygen atoms in total. The van der Waals surface area contributed by atoms with Crippen molar-refractivity contribution in [1.82, 2.24) is 14.7 Å². The second-order valence-corrected chi connectivity index (χ2v) is 25.3. The van der Waals surface area contributed by atoms with E-state index >= 15 is 4.57 Å². The number of likely N-dealkylation sites (tertiary alicyclic amines) is 3. The van der Waals surface area contributed by atoms with Gasteiger partial charge in [0, 0.05) is 34.8 Å². The summed E-state index contributed by atoms with van der Waals surface area (Å²) in [7, 11) is -4.77. The quantitative estimate of drug-likeness (QED) is 0.0650. The molecule has 3 aliphatic heterocycles. The third-order valence-corrected chi connectivity index (χ3v) is 19.9. The zero-order valence-electron chi connectivity index (χ0n) is 47.7. The average Bonchev–Trinajstić information content (AvgIpc) is 3.51. The Morgan fingerprint density at radius 1 is 0.400 bits per heavy atom. The molecule has 12 rings (SSSR count). The van der Waals surface area contributed by atoms with Crippen LogP contribution in [0.2, 0.25) is 0 Å². The Morgan fingerprint density at radius 2 is 0.700 bits per heavy atom. The lowest BCUT2D eigenvalue weighted by Gasteiger charge is -2.45. The number of benzene rings is 6. The van der Waals surface area contributed by atoms with Crippen molar-refractivity contribution < 1.29 is 32.3 Å². The van der Waals surface area contributed by atoms with Crippen molar-refractivity contribution in [2.75, 3.05) is 39.3 Å². The molecule has 3 aliphatic carbocycles. The van der Waals surface area contributed by atoms with Gasteiger partial charge in [0.05, 0.1) is 0 Å². The molecule has 0 N–H and O–H groups in total. The maximum absolute atomic E-state index is 16.9. The van der Waals surface area contributed by atoms with Crippen LogP contribution < -0.4 is 27.8 Å². The van der Waals surface area contributed by atoms with Crippen molar-refractivity contribution >= 4 is 7.82 Å². The van der Waals surface area contributed by atoms with Gasteiger partial charge < -0.3 is 27.8 Å². The summed E-state index contributed by atoms with van der Waals surface area (Å²) in [4.78, 5) is 8.12. The van der Waals surface area contributed by atoms with Gasteiger partial charge in [-0.1, -0.05) is 130 Å². The third-order valence-electron chi connectivity index (χ3n) is 18.6. The second kappa shape index (κ2) is 25.2. The number of ether oxygens (including phenoxy) is 3. The monoisotopic (exact) mass is 1100 g/mol. The van der Waals surface area contributed by atoms with Crippen LogP contribution in [-0.4, -0.2) is 72.1 Å². The Balaban J connectivity index is 0.978. The number of fused-ring (bicyclic) bond motifs is 6. The number of hydrogen-bond donors (Lipinski definition) is 0. The molecular weight excluding hydrogens is 1010 g/mol. The lowest BCUT2D eigenvalue weighted by Crippen LogP contribution is -2.49. The summed E-state index contributed by atoms with van der Waals surface area (Å²) in [6.45, 7) is 14.5. The van der Waals surface area contributed by atoms with Crippen molar-refractivity contribution in [3.63, 3.8) is 0 Å². The number of phosphoric acid groups is 1. The molecular formula is C69H84N3O7P. The number of nitrogens with zero attached hydrogens (tertiary/aromatic N) is 3. The van der Waals surface area contributed by atoms with Gasteiger partial charge in [0.1, 0.15) is 19.8 Å². The fraction of sp³-hybridized carbons (Fsp3) is 0.478. The van der Waals surface area contributed by atoms with Crippen molar-refractivity contribution in [1.29, 1.82) is 0 Å². The molecule has 3 heterocycles. The Kier molecular flexibility index (Phi) is 17.2. The van der Waals surface area contributed by atoms with Crippen molar-refractivity contribution in [3.05, 3.63) is 177 Å². The van der Waals surface area contributed by atoms with Crippen LogP contribution in [0.4, 0.5) is 0 Å². The van der Waals surface area contributed by atoms with Gasteiger partial charge in [-0.15, -0.1) is 0 Å². The SMILES string of the molecule is CCCN1CCC[C@@H]2Cc3c(ccc(OP(=O)(Oc4ccc5c(c4OCc4ccccc4)C[C@H]4CCCN(CCC)[C@@H]4C5)Oc4ccc5c(c4OCc4ccccc4)C[C@H]4CCCN(CCC)[C@@H]4C5)c3OCc3ccccc3)C[C@H]21. The molecule has 0 bridgehead atoms. The van der Waals surface area contributed by atoms with Gasteiger partial charge in [-0.2, -0.15) is 4.57 Å². The largest absolute Gasteiger partial charge is 0.647 e. The lowest BCUT2D eigenvalue weighted by atomic mass is 9.75. The number of rotatable bonds is 21. The van der Waals surface area contributed by atoms with Gasteiger partial charge in [0.25, 0.3) is 0 Å². The van der Waals surface area contributed by atoms with E-state index in [0.717, 1.165) is 150 Å². The van der Waals surface area contributed by atoms with Crippen molar-refractivity contribution in [2.24, 2.45) is 17.8 Å². The minimum absolute atomic E-state index is 0.315. The summed E-state index contributed by atoms with van der Waals surface area (Å²) >= 11 is 0. The first-order valence-corrected chi connectivity index (χ1v) is 32.1. The average molecular weight is 1100 g/mol. The fourth-order valence-electron chi connectivity index (χ4n) is 14.9. The molecule has 0 aromatic heterocycles. The van der Waals surface area contributed by atoms with E-state index in [1.54, 1.807) is 0 Å². The number of piperidine rings is 3. The van der Waals surface area contributed by atoms with Crippen LogP contribution >= 0.6 is 7.82 Å². The highest BCUT2D eigenvalue weighted by Crippen LogP contribution is 2.58. The normalized spacial score (nSPS) is 22.8. The van der Waals surface area contributed by atoms with Crippen LogP contribution in [0.15, 0.2) is 127 Å². The van der Waals surface area contributed by atoms with Crippen LogP contribution in [0.1, 0.15) is 129 Å². The molecule has 6 aliphatic rings. The highest BCUT2D eigenvalue weighted by molar-refractivity contribution is 7.49. The molecule has 0 amide bonds. The third kappa shape index (κ3) is 12.1. The minimum Gasteiger partial charge on any atom is -0.485 e. The van der Waals surface area contributed by atoms with Crippen LogP contribution in [0.3, 0.4) is 0 Å². The summed E-state index contributed by atoms with van der Waals surface area (Å²) in [6, 6.07) is 44.6. The fourth-order valence-corrected chi connectivity index (χ4v) is 16.1. The summed E-state index contributed by atoms with van der Waals surface area (Å²) in [5.41, 5.74) is 10.2. The summed E-state index contributed by atoms with van der Waals surface area (Å²) in [5, 5.41) is 0. The van der Waals surface area contributed by atoms with Crippen LogP contribution in [0.5, 0.6) is 34.5 Å². The number of phosphoric ester groups is 1. The highest BCUT2D eigenvalue weighted by Gasteiger charge is 2.44. The summed E-state index contributed by atoms with van der Waals surface area (Å²) in [6.07, 6.45) is 15.7. The predicted octanol–water partition coefficient (Wildman–Crippen LogP) is 14.8. The predicted molar refractivity (Wildman–Crippen MR) is 318 cm³/mol. The van der Waals surface area contributed by atoms with E-state index < -0.39 is 7.82 Å². The van der Waals surface area contributed by atoms with Gasteiger partial charge in [-0.25, -0.2) is 0 Å². The smallest absolute Gasteiger partial charge is 0.485 e. The molecule has 0 unspecified atom stereocenters. The second-order valence-electron chi connectivity index (χ2n) is 23.9. The van der Waals surface area contributed by atoms with E-state index in [9.17, 15) is 0 Å². The molecule has 3 saturated heterocycles. The Labute approximate surface area is 476 Å². The van der Waals surface area contributed by atoms with E-state index in [1.807, 2.05) is 72.8 Å². The topological polar surface area (TPSA) is 82.2 Å². The molecule has 422 valence electrons. The minimum atomic E-state index is -4.77. The Bertz CT molecular complexity index is 2750. The van der Waals surface area contributed by atoms with Gasteiger partial charge >= 0.3 is 7.82 Å². The van der Waals surface area contributed by atoms with E-state index in [4.69, 9.17) is 27.8 Å². The molecule has 6 aromatic rings. The molecule has 3 fully saturated rings. The van der Waals surface area contributed by atoms with Gasteiger partial charge in [-0.05, 0) is 205 Å². The molecule has 6 aromatic carbocycles. The molecule has 80 heavy (non-hydrogen) atoms.